The van der Waals surface area contributed by atoms with Gasteiger partial charge in [0.2, 0.25) is 0 Å². The molecule has 0 aliphatic rings. The fraction of sp³-hybridized carbons (Fsp3) is 0.100. The Hall–Kier alpha value is -2.18. The van der Waals surface area contributed by atoms with Crippen LogP contribution in [0.5, 0.6) is 0 Å². The van der Waals surface area contributed by atoms with Gasteiger partial charge in [-0.3, -0.25) is 9.36 Å². The summed E-state index contributed by atoms with van der Waals surface area (Å²) < 4.78 is 38.3. The van der Waals surface area contributed by atoms with Crippen molar-refractivity contribution in [3.63, 3.8) is 0 Å². The van der Waals surface area contributed by atoms with Crippen molar-refractivity contribution in [2.24, 2.45) is 0 Å². The smallest absolute Gasteiger partial charge is 0.281 e. The van der Waals surface area contributed by atoms with Crippen molar-refractivity contribution in [3.05, 3.63) is 53.0 Å². The lowest BCUT2D eigenvalue weighted by atomic mass is 10.2. The molecular formula is C10H6F3N3O. The van der Waals surface area contributed by atoms with E-state index in [2.05, 4.69) is 9.97 Å². The molecule has 0 aliphatic heterocycles. The highest BCUT2D eigenvalue weighted by molar-refractivity contribution is 5.28. The Morgan fingerprint density at radius 3 is 2.35 bits per heavy atom. The molecule has 0 bridgehead atoms. The molecule has 2 aromatic heterocycles. The van der Waals surface area contributed by atoms with Crippen LogP contribution in [0.25, 0.3) is 5.69 Å². The van der Waals surface area contributed by atoms with Crippen LogP contribution >= 0.6 is 0 Å². The predicted molar refractivity (Wildman–Crippen MR) is 52.6 cm³/mol. The van der Waals surface area contributed by atoms with E-state index in [-0.39, 0.29) is 5.69 Å². The van der Waals surface area contributed by atoms with Gasteiger partial charge in [-0.1, -0.05) is 0 Å². The first kappa shape index (κ1) is 11.3. The minimum Gasteiger partial charge on any atom is -0.281 e. The van der Waals surface area contributed by atoms with Crippen LogP contribution in [0.2, 0.25) is 0 Å². The molecule has 0 amide bonds. The van der Waals surface area contributed by atoms with Gasteiger partial charge in [0, 0.05) is 12.3 Å². The molecule has 7 heteroatoms. The van der Waals surface area contributed by atoms with Crippen molar-refractivity contribution in [2.45, 2.75) is 6.18 Å². The zero-order valence-corrected chi connectivity index (χ0v) is 8.35. The van der Waals surface area contributed by atoms with Crippen molar-refractivity contribution < 1.29 is 13.2 Å². The number of nitrogens with zero attached hydrogens (tertiary/aromatic N) is 3. The summed E-state index contributed by atoms with van der Waals surface area (Å²) in [5.74, 6) is 0. The summed E-state index contributed by atoms with van der Waals surface area (Å²) in [6.07, 6.45) is -0.0304. The Morgan fingerprint density at radius 2 is 1.76 bits per heavy atom. The van der Waals surface area contributed by atoms with Gasteiger partial charge in [-0.2, -0.15) is 13.2 Å². The lowest BCUT2D eigenvalue weighted by molar-refractivity contribution is -0.138. The topological polar surface area (TPSA) is 47.8 Å². The third-order valence-electron chi connectivity index (χ3n) is 2.06. The number of hydrogen-bond acceptors (Lipinski definition) is 3. The molecule has 2 rings (SSSR count). The van der Waals surface area contributed by atoms with Gasteiger partial charge in [-0.05, 0) is 6.07 Å². The molecule has 4 nitrogen and oxygen atoms in total. The molecule has 88 valence electrons. The molecule has 0 saturated carbocycles. The Morgan fingerprint density at radius 1 is 1.12 bits per heavy atom. The number of halogens is 3. The highest BCUT2D eigenvalue weighted by Gasteiger charge is 2.31. The Balaban J connectivity index is 2.59. The zero-order valence-electron chi connectivity index (χ0n) is 8.35. The van der Waals surface area contributed by atoms with Gasteiger partial charge in [-0.25, -0.2) is 9.97 Å². The molecule has 0 unspecified atom stereocenters. The number of aromatic nitrogens is 3. The second kappa shape index (κ2) is 4.00. The summed E-state index contributed by atoms with van der Waals surface area (Å²) in [6.45, 7) is 0. The van der Waals surface area contributed by atoms with Crippen LogP contribution in [0.4, 0.5) is 13.2 Å². The third-order valence-corrected chi connectivity index (χ3v) is 2.06. The van der Waals surface area contributed by atoms with E-state index in [1.165, 1.54) is 18.7 Å². The average molecular weight is 241 g/mol. The maximum Gasteiger partial charge on any atom is 0.417 e. The first-order valence-corrected chi connectivity index (χ1v) is 4.54. The fourth-order valence-electron chi connectivity index (χ4n) is 1.27. The molecule has 0 aliphatic carbocycles. The van der Waals surface area contributed by atoms with Crippen LogP contribution in [0.3, 0.4) is 0 Å². The van der Waals surface area contributed by atoms with Gasteiger partial charge in [-0.15, -0.1) is 0 Å². The monoisotopic (exact) mass is 241 g/mol. The van der Waals surface area contributed by atoms with Crippen molar-refractivity contribution in [1.82, 2.24) is 14.5 Å². The molecule has 17 heavy (non-hydrogen) atoms. The highest BCUT2D eigenvalue weighted by Crippen LogP contribution is 2.28. The van der Waals surface area contributed by atoms with Crippen LogP contribution in [-0.4, -0.2) is 14.5 Å². The minimum atomic E-state index is -4.49. The van der Waals surface area contributed by atoms with E-state index in [9.17, 15) is 18.0 Å². The van der Waals surface area contributed by atoms with Gasteiger partial charge in [0.25, 0.3) is 5.56 Å². The first-order chi connectivity index (χ1) is 7.98. The molecule has 2 aromatic rings. The summed E-state index contributed by atoms with van der Waals surface area (Å²) in [4.78, 5) is 18.7. The fourth-order valence-corrected chi connectivity index (χ4v) is 1.27. The second-order valence-corrected chi connectivity index (χ2v) is 3.22. The minimum absolute atomic E-state index is 0.184. The molecule has 2 heterocycles. The van der Waals surface area contributed by atoms with Crippen molar-refractivity contribution in [2.75, 3.05) is 0 Å². The first-order valence-electron chi connectivity index (χ1n) is 4.54. The van der Waals surface area contributed by atoms with E-state index in [1.807, 2.05) is 0 Å². The van der Waals surface area contributed by atoms with Crippen LogP contribution in [0, 0.1) is 0 Å². The lowest BCUT2D eigenvalue weighted by Gasteiger charge is -2.09. The van der Waals surface area contributed by atoms with Gasteiger partial charge < -0.3 is 0 Å². The molecule has 0 atom stereocenters. The average Bonchev–Trinajstić information content (AvgIpc) is 2.29. The third kappa shape index (κ3) is 2.32. The maximum atomic E-state index is 12.5. The number of hydrogen-bond donors (Lipinski definition) is 0. The molecule has 0 saturated heterocycles. The normalized spacial score (nSPS) is 11.5. The van der Waals surface area contributed by atoms with Gasteiger partial charge in [0.05, 0.1) is 23.6 Å². The lowest BCUT2D eigenvalue weighted by Crippen LogP contribution is -2.20. The van der Waals surface area contributed by atoms with Crippen molar-refractivity contribution in [1.29, 1.82) is 0 Å². The van der Waals surface area contributed by atoms with E-state index in [0.29, 0.717) is 0 Å². The molecular weight excluding hydrogens is 235 g/mol. The molecule has 0 aromatic carbocycles. The van der Waals surface area contributed by atoms with Gasteiger partial charge >= 0.3 is 6.18 Å². The van der Waals surface area contributed by atoms with E-state index < -0.39 is 17.3 Å². The molecule has 0 N–H and O–H groups in total. The highest BCUT2D eigenvalue weighted by atomic mass is 19.4. The van der Waals surface area contributed by atoms with Crippen LogP contribution in [-0.2, 0) is 6.18 Å². The van der Waals surface area contributed by atoms with Crippen LogP contribution < -0.4 is 5.56 Å². The van der Waals surface area contributed by atoms with E-state index in [4.69, 9.17) is 0 Å². The van der Waals surface area contributed by atoms with Crippen LogP contribution in [0.1, 0.15) is 5.56 Å². The quantitative estimate of drug-likeness (QED) is 0.762. The van der Waals surface area contributed by atoms with Crippen molar-refractivity contribution in [3.8, 4) is 5.69 Å². The number of alkyl halides is 3. The summed E-state index contributed by atoms with van der Waals surface area (Å²) in [5.41, 5.74) is -1.29. The summed E-state index contributed by atoms with van der Waals surface area (Å²) in [7, 11) is 0. The van der Waals surface area contributed by atoms with E-state index >= 15 is 0 Å². The molecule has 0 radical (unpaired) electrons. The Bertz CT molecular complexity index is 577. The van der Waals surface area contributed by atoms with E-state index in [0.717, 1.165) is 22.9 Å². The van der Waals surface area contributed by atoms with E-state index in [1.54, 1.807) is 0 Å². The van der Waals surface area contributed by atoms with Crippen molar-refractivity contribution >= 4 is 0 Å². The molecule has 0 fully saturated rings. The SMILES string of the molecule is O=c1ccc(C(F)(F)F)cn1-c1cncnc1. The summed E-state index contributed by atoms with van der Waals surface area (Å²) >= 11 is 0. The maximum absolute atomic E-state index is 12.5. The second-order valence-electron chi connectivity index (χ2n) is 3.22. The Labute approximate surface area is 93.4 Å². The Kier molecular flexibility index (Phi) is 2.66. The predicted octanol–water partition coefficient (Wildman–Crippen LogP) is 1.65. The summed E-state index contributed by atoms with van der Waals surface area (Å²) in [6, 6.07) is 1.60. The standard InChI is InChI=1S/C10H6F3N3O/c11-10(12,13)7-1-2-9(17)16(5-7)8-3-14-6-15-4-8/h1-6H. The van der Waals surface area contributed by atoms with Crippen LogP contribution in [0.15, 0.2) is 41.8 Å². The number of rotatable bonds is 1. The largest absolute Gasteiger partial charge is 0.417 e. The summed E-state index contributed by atoms with van der Waals surface area (Å²) in [5, 5.41) is 0. The van der Waals surface area contributed by atoms with Gasteiger partial charge in [0.15, 0.2) is 0 Å². The zero-order chi connectivity index (χ0) is 12.5. The molecule has 0 spiro atoms. The number of pyridine rings is 1. The van der Waals surface area contributed by atoms with Gasteiger partial charge in [0.1, 0.15) is 6.33 Å².